The lowest BCUT2D eigenvalue weighted by atomic mass is 10.2. The number of nitrogens with one attached hydrogen (secondary N) is 1. The molecular formula is C15H16N2O3S. The molecule has 2 rings (SSSR count). The number of rotatable bonds is 5. The van der Waals surface area contributed by atoms with Crippen LogP contribution in [0.3, 0.4) is 0 Å². The monoisotopic (exact) mass is 304 g/mol. The third kappa shape index (κ3) is 4.25. The summed E-state index contributed by atoms with van der Waals surface area (Å²) in [6.45, 7) is 0. The Balaban J connectivity index is 2.22. The van der Waals surface area contributed by atoms with Crippen LogP contribution in [0, 0.1) is 0 Å². The lowest BCUT2D eigenvalue weighted by Crippen LogP contribution is -2.10. The van der Waals surface area contributed by atoms with Gasteiger partial charge in [0.25, 0.3) is 10.0 Å². The molecule has 0 spiro atoms. The van der Waals surface area contributed by atoms with Crippen LogP contribution >= 0.6 is 0 Å². The second-order valence-electron chi connectivity index (χ2n) is 4.32. The fraction of sp³-hybridized carbons (Fsp3) is 0.0667. The predicted octanol–water partition coefficient (Wildman–Crippen LogP) is 2.69. The van der Waals surface area contributed by atoms with Gasteiger partial charge in [0.1, 0.15) is 5.75 Å². The van der Waals surface area contributed by atoms with Gasteiger partial charge < -0.3 is 10.5 Å². The molecule has 0 aliphatic rings. The van der Waals surface area contributed by atoms with E-state index in [0.29, 0.717) is 17.1 Å². The van der Waals surface area contributed by atoms with E-state index in [2.05, 4.69) is 4.72 Å². The van der Waals surface area contributed by atoms with Gasteiger partial charge in [-0.1, -0.05) is 30.3 Å². The summed E-state index contributed by atoms with van der Waals surface area (Å²) in [4.78, 5) is 0. The highest BCUT2D eigenvalue weighted by atomic mass is 32.2. The van der Waals surface area contributed by atoms with Gasteiger partial charge in [-0.3, -0.25) is 4.72 Å². The van der Waals surface area contributed by atoms with Crippen LogP contribution in [0.4, 0.5) is 11.4 Å². The topological polar surface area (TPSA) is 81.4 Å². The highest BCUT2D eigenvalue weighted by molar-refractivity contribution is 7.95. The standard InChI is InChI=1S/C15H16N2O3S/c1-20-15-8-7-13(16)11-14(15)17-21(18,19)10-9-12-5-3-2-4-6-12/h2-11,17H,16H2,1H3/b10-9+. The molecule has 0 aliphatic carbocycles. The summed E-state index contributed by atoms with van der Waals surface area (Å²) in [6.07, 6.45) is 1.51. The summed E-state index contributed by atoms with van der Waals surface area (Å²) in [5.74, 6) is 0.404. The first-order valence-corrected chi connectivity index (χ1v) is 7.74. The van der Waals surface area contributed by atoms with Crippen LogP contribution < -0.4 is 15.2 Å². The molecule has 6 heteroatoms. The van der Waals surface area contributed by atoms with Crippen LogP contribution in [0.1, 0.15) is 5.56 Å². The van der Waals surface area contributed by atoms with E-state index >= 15 is 0 Å². The second kappa shape index (κ2) is 6.32. The van der Waals surface area contributed by atoms with Crippen LogP contribution in [0.2, 0.25) is 0 Å². The molecule has 5 nitrogen and oxygen atoms in total. The molecule has 0 amide bonds. The predicted molar refractivity (Wildman–Crippen MR) is 85.4 cm³/mol. The van der Waals surface area contributed by atoms with E-state index in [9.17, 15) is 8.42 Å². The molecule has 0 atom stereocenters. The van der Waals surface area contributed by atoms with Crippen molar-refractivity contribution in [3.8, 4) is 5.75 Å². The molecule has 21 heavy (non-hydrogen) atoms. The lowest BCUT2D eigenvalue weighted by molar-refractivity contribution is 0.417. The first-order valence-electron chi connectivity index (χ1n) is 6.19. The minimum Gasteiger partial charge on any atom is -0.495 e. The maximum absolute atomic E-state index is 12.1. The lowest BCUT2D eigenvalue weighted by Gasteiger charge is -2.10. The zero-order valence-corrected chi connectivity index (χ0v) is 12.3. The van der Waals surface area contributed by atoms with Crippen LogP contribution in [0.5, 0.6) is 5.75 Å². The van der Waals surface area contributed by atoms with E-state index in [1.54, 1.807) is 12.1 Å². The fourth-order valence-electron chi connectivity index (χ4n) is 1.72. The molecule has 2 aromatic carbocycles. The van der Waals surface area contributed by atoms with Gasteiger partial charge in [-0.15, -0.1) is 0 Å². The van der Waals surface area contributed by atoms with E-state index in [-0.39, 0.29) is 0 Å². The third-order valence-corrected chi connectivity index (χ3v) is 3.71. The molecule has 2 aromatic rings. The Kier molecular flexibility index (Phi) is 4.49. The highest BCUT2D eigenvalue weighted by Crippen LogP contribution is 2.27. The quantitative estimate of drug-likeness (QED) is 0.832. The molecule has 0 saturated carbocycles. The number of benzene rings is 2. The molecule has 0 saturated heterocycles. The van der Waals surface area contributed by atoms with Crippen molar-refractivity contribution in [1.82, 2.24) is 0 Å². The Labute approximate surface area is 124 Å². The van der Waals surface area contributed by atoms with Crippen molar-refractivity contribution in [2.24, 2.45) is 0 Å². The Morgan fingerprint density at radius 1 is 1.14 bits per heavy atom. The summed E-state index contributed by atoms with van der Waals surface area (Å²) in [7, 11) is -2.19. The molecule has 0 radical (unpaired) electrons. The largest absolute Gasteiger partial charge is 0.495 e. The van der Waals surface area contributed by atoms with Gasteiger partial charge in [-0.2, -0.15) is 0 Å². The maximum Gasteiger partial charge on any atom is 0.255 e. The molecule has 110 valence electrons. The highest BCUT2D eigenvalue weighted by Gasteiger charge is 2.10. The Hall–Kier alpha value is -2.47. The second-order valence-corrected chi connectivity index (χ2v) is 5.89. The summed E-state index contributed by atoms with van der Waals surface area (Å²) >= 11 is 0. The number of anilines is 2. The van der Waals surface area contributed by atoms with Gasteiger partial charge in [0.15, 0.2) is 0 Å². The molecule has 3 N–H and O–H groups in total. The summed E-state index contributed by atoms with van der Waals surface area (Å²) in [5, 5.41) is 1.10. The minimum absolute atomic E-state index is 0.301. The smallest absolute Gasteiger partial charge is 0.255 e. The summed E-state index contributed by atoms with van der Waals surface area (Å²) in [6, 6.07) is 13.9. The number of ether oxygens (including phenoxy) is 1. The van der Waals surface area contributed by atoms with Crippen molar-refractivity contribution in [1.29, 1.82) is 0 Å². The SMILES string of the molecule is COc1ccc(N)cc1NS(=O)(=O)/C=C/c1ccccc1. The number of sulfonamides is 1. The van der Waals surface area contributed by atoms with E-state index < -0.39 is 10.0 Å². The van der Waals surface area contributed by atoms with Crippen molar-refractivity contribution < 1.29 is 13.2 Å². The van der Waals surface area contributed by atoms with Crippen molar-refractivity contribution in [3.05, 3.63) is 59.5 Å². The van der Waals surface area contributed by atoms with Crippen LogP contribution in [0.25, 0.3) is 6.08 Å². The van der Waals surface area contributed by atoms with Crippen molar-refractivity contribution >= 4 is 27.5 Å². The number of hydrogen-bond acceptors (Lipinski definition) is 4. The number of hydrogen-bond donors (Lipinski definition) is 2. The minimum atomic E-state index is -3.65. The van der Waals surface area contributed by atoms with Crippen LogP contribution in [-0.2, 0) is 10.0 Å². The fourth-order valence-corrected chi connectivity index (χ4v) is 2.60. The van der Waals surface area contributed by atoms with E-state index in [1.165, 1.54) is 19.3 Å². The molecular weight excluding hydrogens is 288 g/mol. The van der Waals surface area contributed by atoms with Gasteiger partial charge in [0.05, 0.1) is 18.2 Å². The van der Waals surface area contributed by atoms with E-state index in [4.69, 9.17) is 10.5 Å². The zero-order chi connectivity index (χ0) is 15.3. The first kappa shape index (κ1) is 14.9. The number of nitrogen functional groups attached to an aromatic ring is 1. The van der Waals surface area contributed by atoms with Crippen LogP contribution in [0.15, 0.2) is 53.9 Å². The molecule has 0 aliphatic heterocycles. The Morgan fingerprint density at radius 3 is 2.52 bits per heavy atom. The summed E-state index contributed by atoms with van der Waals surface area (Å²) < 4.78 is 31.6. The van der Waals surface area contributed by atoms with Crippen molar-refractivity contribution in [3.63, 3.8) is 0 Å². The number of methoxy groups -OCH3 is 1. The van der Waals surface area contributed by atoms with Gasteiger partial charge in [-0.05, 0) is 29.8 Å². The van der Waals surface area contributed by atoms with Gasteiger partial charge in [0.2, 0.25) is 0 Å². The molecule has 0 aromatic heterocycles. The average Bonchev–Trinajstić information content (AvgIpc) is 2.46. The molecule has 0 heterocycles. The van der Waals surface area contributed by atoms with Crippen LogP contribution in [-0.4, -0.2) is 15.5 Å². The molecule has 0 unspecified atom stereocenters. The van der Waals surface area contributed by atoms with Gasteiger partial charge in [-0.25, -0.2) is 8.42 Å². The maximum atomic E-state index is 12.1. The zero-order valence-electron chi connectivity index (χ0n) is 11.5. The Morgan fingerprint density at radius 2 is 1.86 bits per heavy atom. The molecule has 0 fully saturated rings. The molecule has 0 bridgehead atoms. The van der Waals surface area contributed by atoms with E-state index in [0.717, 1.165) is 11.0 Å². The average molecular weight is 304 g/mol. The third-order valence-electron chi connectivity index (χ3n) is 2.71. The van der Waals surface area contributed by atoms with Gasteiger partial charge >= 0.3 is 0 Å². The normalized spacial score (nSPS) is 11.5. The Bertz CT molecular complexity index is 741. The summed E-state index contributed by atoms with van der Waals surface area (Å²) in [5.41, 5.74) is 7.20. The van der Waals surface area contributed by atoms with Crippen molar-refractivity contribution in [2.45, 2.75) is 0 Å². The van der Waals surface area contributed by atoms with E-state index in [1.807, 2.05) is 30.3 Å². The van der Waals surface area contributed by atoms with Crippen molar-refractivity contribution in [2.75, 3.05) is 17.6 Å². The number of nitrogens with two attached hydrogens (primary N) is 1. The van der Waals surface area contributed by atoms with Gasteiger partial charge in [0, 0.05) is 5.69 Å². The first-order chi connectivity index (χ1) is 10.00.